The smallest absolute Gasteiger partial charge is 0.230 e. The van der Waals surface area contributed by atoms with E-state index in [1.807, 2.05) is 16.7 Å². The number of pyridine rings is 1. The van der Waals surface area contributed by atoms with E-state index in [1.165, 1.54) is 22.9 Å². The molecule has 1 saturated heterocycles. The molecule has 9 heteroatoms. The van der Waals surface area contributed by atoms with Gasteiger partial charge in [-0.2, -0.15) is 0 Å². The van der Waals surface area contributed by atoms with E-state index in [9.17, 15) is 4.79 Å². The van der Waals surface area contributed by atoms with Crippen LogP contribution in [0.5, 0.6) is 0 Å². The topological polar surface area (TPSA) is 85.2 Å². The predicted octanol–water partition coefficient (Wildman–Crippen LogP) is 3.51. The molecule has 1 atom stereocenters. The van der Waals surface area contributed by atoms with Crippen LogP contribution in [0.25, 0.3) is 17.1 Å². The maximum Gasteiger partial charge on any atom is 0.230 e. The summed E-state index contributed by atoms with van der Waals surface area (Å²) in [4.78, 5) is 19.2. The van der Waals surface area contributed by atoms with E-state index < -0.39 is 0 Å². The number of carbonyl (C=O) groups excluding carboxylic acids is 1. The average molecular weight is 495 g/mol. The van der Waals surface area contributed by atoms with Crippen LogP contribution in [0.15, 0.2) is 47.9 Å². The summed E-state index contributed by atoms with van der Waals surface area (Å²) in [7, 11) is 0. The lowest BCUT2D eigenvalue weighted by Crippen LogP contribution is -2.48. The van der Waals surface area contributed by atoms with Crippen LogP contribution >= 0.6 is 11.8 Å². The first-order valence-corrected chi connectivity index (χ1v) is 13.1. The van der Waals surface area contributed by atoms with E-state index in [1.54, 1.807) is 12.4 Å². The molecule has 0 bridgehead atoms. The number of rotatable bonds is 9. The summed E-state index contributed by atoms with van der Waals surface area (Å²) < 4.78 is 7.87. The first-order valence-electron chi connectivity index (χ1n) is 12.1. The van der Waals surface area contributed by atoms with Gasteiger partial charge in [-0.25, -0.2) is 0 Å². The van der Waals surface area contributed by atoms with Gasteiger partial charge in [0.1, 0.15) is 0 Å². The molecule has 4 rings (SSSR count). The Labute approximate surface area is 211 Å². The van der Waals surface area contributed by atoms with Crippen molar-refractivity contribution >= 4 is 17.7 Å². The molecule has 1 aromatic carbocycles. The molecule has 8 nitrogen and oxygen atoms in total. The Kier molecular flexibility index (Phi) is 8.54. The Hall–Kier alpha value is -2.75. The summed E-state index contributed by atoms with van der Waals surface area (Å²) in [5.74, 6) is 1.55. The largest absolute Gasteiger partial charge is 0.374 e. The lowest BCUT2D eigenvalue weighted by molar-refractivity contribution is -0.119. The summed E-state index contributed by atoms with van der Waals surface area (Å²) in [5.41, 5.74) is 4.29. The minimum atomic E-state index is -0.0420. The third kappa shape index (κ3) is 6.68. The van der Waals surface area contributed by atoms with E-state index >= 15 is 0 Å². The molecule has 1 aliphatic heterocycles. The number of morpholine rings is 1. The van der Waals surface area contributed by atoms with Crippen LogP contribution < -0.4 is 5.32 Å². The molecule has 2 aromatic heterocycles. The fourth-order valence-corrected chi connectivity index (χ4v) is 4.93. The Balaban J connectivity index is 1.43. The molecule has 3 heterocycles. The number of aromatic nitrogens is 4. The average Bonchev–Trinajstić information content (AvgIpc) is 3.27. The van der Waals surface area contributed by atoms with Gasteiger partial charge in [0.05, 0.1) is 24.2 Å². The van der Waals surface area contributed by atoms with Crippen molar-refractivity contribution in [3.63, 3.8) is 0 Å². The summed E-state index contributed by atoms with van der Waals surface area (Å²) in [6.07, 6.45) is 3.50. The van der Waals surface area contributed by atoms with Gasteiger partial charge in [-0.15, -0.1) is 10.2 Å². The minimum Gasteiger partial charge on any atom is -0.374 e. The lowest BCUT2D eigenvalue weighted by atomic mass is 10.1. The highest BCUT2D eigenvalue weighted by Gasteiger charge is 2.22. The predicted molar refractivity (Wildman–Crippen MR) is 139 cm³/mol. The zero-order valence-corrected chi connectivity index (χ0v) is 21.7. The van der Waals surface area contributed by atoms with Crippen LogP contribution in [-0.4, -0.2) is 75.2 Å². The summed E-state index contributed by atoms with van der Waals surface area (Å²) in [6, 6.07) is 10.1. The molecular weight excluding hydrogens is 460 g/mol. The molecule has 0 aliphatic carbocycles. The molecule has 1 aliphatic rings. The van der Waals surface area contributed by atoms with Crippen LogP contribution in [0.2, 0.25) is 0 Å². The first kappa shape index (κ1) is 25.3. The number of hydrogen-bond acceptors (Lipinski definition) is 7. The maximum atomic E-state index is 12.7. The minimum absolute atomic E-state index is 0.0222. The molecule has 1 unspecified atom stereocenters. The number of aryl methyl sites for hydroxylation is 2. The van der Waals surface area contributed by atoms with Crippen molar-refractivity contribution in [3.05, 3.63) is 53.9 Å². The number of nitrogens with one attached hydrogen (secondary N) is 1. The van der Waals surface area contributed by atoms with Crippen molar-refractivity contribution in [1.29, 1.82) is 0 Å². The van der Waals surface area contributed by atoms with E-state index in [0.717, 1.165) is 36.7 Å². The third-order valence-corrected chi connectivity index (χ3v) is 6.96. The van der Waals surface area contributed by atoms with Crippen molar-refractivity contribution in [2.45, 2.75) is 39.0 Å². The van der Waals surface area contributed by atoms with Gasteiger partial charge in [-0.1, -0.05) is 31.7 Å². The van der Waals surface area contributed by atoms with E-state index in [0.29, 0.717) is 24.2 Å². The second-order valence-corrected chi connectivity index (χ2v) is 10.3. The molecule has 35 heavy (non-hydrogen) atoms. The second-order valence-electron chi connectivity index (χ2n) is 9.39. The Morgan fingerprint density at radius 2 is 1.97 bits per heavy atom. The third-order valence-electron chi connectivity index (χ3n) is 6.03. The van der Waals surface area contributed by atoms with Crippen LogP contribution in [0.1, 0.15) is 25.0 Å². The molecule has 3 aromatic rings. The Morgan fingerprint density at radius 1 is 1.17 bits per heavy atom. The molecule has 186 valence electrons. The van der Waals surface area contributed by atoms with Crippen molar-refractivity contribution in [1.82, 2.24) is 30.0 Å². The van der Waals surface area contributed by atoms with Crippen LogP contribution in [0, 0.1) is 19.8 Å². The van der Waals surface area contributed by atoms with Crippen LogP contribution in [0.4, 0.5) is 0 Å². The van der Waals surface area contributed by atoms with E-state index in [-0.39, 0.29) is 17.8 Å². The SMILES string of the molecule is Cc1ccc(-n2c(SCC(=O)NCC3CN(CC(C)C)CCO3)nnc2-c2ccncc2)cc1C. The number of nitrogens with zero attached hydrogens (tertiary/aromatic N) is 5. The van der Waals surface area contributed by atoms with E-state index in [2.05, 4.69) is 71.3 Å². The molecule has 1 amide bonds. The van der Waals surface area contributed by atoms with Gasteiger partial charge in [-0.3, -0.25) is 19.2 Å². The highest BCUT2D eigenvalue weighted by Crippen LogP contribution is 2.28. The monoisotopic (exact) mass is 494 g/mol. The molecule has 1 fully saturated rings. The van der Waals surface area contributed by atoms with Crippen LogP contribution in [-0.2, 0) is 9.53 Å². The number of thioether (sulfide) groups is 1. The summed E-state index contributed by atoms with van der Waals surface area (Å²) in [6.45, 7) is 12.7. The normalized spacial score (nSPS) is 16.5. The molecule has 1 N–H and O–H groups in total. The number of hydrogen-bond donors (Lipinski definition) is 1. The maximum absolute atomic E-state index is 12.7. The second kappa shape index (κ2) is 11.8. The highest BCUT2D eigenvalue weighted by atomic mass is 32.2. The first-order chi connectivity index (χ1) is 16.9. The lowest BCUT2D eigenvalue weighted by Gasteiger charge is -2.33. The molecule has 0 saturated carbocycles. The molecular formula is C26H34N6O2S. The standard InChI is InChI=1S/C26H34N6O2S/c1-18(2)15-31-11-12-34-23(16-31)14-28-24(33)17-35-26-30-29-25(21-7-9-27-10-8-21)32(26)22-6-5-19(3)20(4)13-22/h5-10,13,18,23H,11-12,14-17H2,1-4H3,(H,28,33). The molecule has 0 spiro atoms. The summed E-state index contributed by atoms with van der Waals surface area (Å²) in [5, 5.41) is 12.6. The fraction of sp³-hybridized carbons (Fsp3) is 0.462. The van der Waals surface area contributed by atoms with Crippen molar-refractivity contribution < 1.29 is 9.53 Å². The van der Waals surface area contributed by atoms with Gasteiger partial charge in [0.25, 0.3) is 0 Å². The van der Waals surface area contributed by atoms with E-state index in [4.69, 9.17) is 4.74 Å². The highest BCUT2D eigenvalue weighted by molar-refractivity contribution is 7.99. The molecule has 0 radical (unpaired) electrons. The van der Waals surface area contributed by atoms with Crippen LogP contribution in [0.3, 0.4) is 0 Å². The van der Waals surface area contributed by atoms with Gasteiger partial charge in [0.2, 0.25) is 5.91 Å². The van der Waals surface area contributed by atoms with Gasteiger partial charge < -0.3 is 10.1 Å². The zero-order valence-electron chi connectivity index (χ0n) is 20.9. The fourth-order valence-electron chi connectivity index (χ4n) is 4.14. The Bertz CT molecular complexity index is 1130. The number of benzene rings is 1. The van der Waals surface area contributed by atoms with Gasteiger partial charge in [0.15, 0.2) is 11.0 Å². The van der Waals surface area contributed by atoms with Crippen molar-refractivity contribution in [2.75, 3.05) is 38.5 Å². The van der Waals surface area contributed by atoms with Gasteiger partial charge in [-0.05, 0) is 55.2 Å². The van der Waals surface area contributed by atoms with Gasteiger partial charge in [0, 0.05) is 44.1 Å². The quantitative estimate of drug-likeness (QED) is 0.456. The Morgan fingerprint density at radius 3 is 2.71 bits per heavy atom. The number of ether oxygens (including phenoxy) is 1. The summed E-state index contributed by atoms with van der Waals surface area (Å²) >= 11 is 1.38. The zero-order chi connectivity index (χ0) is 24.8. The van der Waals surface area contributed by atoms with Crippen molar-refractivity contribution in [3.8, 4) is 17.1 Å². The number of amides is 1. The van der Waals surface area contributed by atoms with Crippen molar-refractivity contribution in [2.24, 2.45) is 5.92 Å². The van der Waals surface area contributed by atoms with Gasteiger partial charge >= 0.3 is 0 Å². The number of carbonyl (C=O) groups is 1.